The van der Waals surface area contributed by atoms with Gasteiger partial charge in [0.2, 0.25) is 0 Å². The number of ether oxygens (including phenoxy) is 7. The molecule has 11 unspecified atom stereocenters. The van der Waals surface area contributed by atoms with Crippen LogP contribution in [0, 0.1) is 11.8 Å². The van der Waals surface area contributed by atoms with Crippen molar-refractivity contribution in [2.24, 2.45) is 11.8 Å². The minimum absolute atomic E-state index is 0.0329. The molecule has 6 aliphatic rings. The van der Waals surface area contributed by atoms with E-state index in [0.29, 0.717) is 18.8 Å². The van der Waals surface area contributed by atoms with E-state index in [2.05, 4.69) is 48.5 Å². The zero-order valence-corrected chi connectivity index (χ0v) is 31.2. The third-order valence-corrected chi connectivity index (χ3v) is 13.1. The van der Waals surface area contributed by atoms with Crippen LogP contribution in [0.2, 0.25) is 0 Å². The monoisotopic (exact) mass is 682 g/mol. The zero-order chi connectivity index (χ0) is 34.7. The average Bonchev–Trinajstić information content (AvgIpc) is 3.91. The molecule has 0 bridgehead atoms. The largest absolute Gasteiger partial charge is 0.461 e. The van der Waals surface area contributed by atoms with E-state index in [1.165, 1.54) is 0 Å². The zero-order valence-electron chi connectivity index (χ0n) is 31.2. The molecule has 0 spiro atoms. The van der Waals surface area contributed by atoms with Gasteiger partial charge in [0, 0.05) is 12.5 Å². The smallest absolute Gasteiger partial charge is 0.309 e. The third-order valence-electron chi connectivity index (χ3n) is 13.1. The molecule has 1 aromatic rings. The quantitative estimate of drug-likeness (QED) is 0.101. The number of carbonyl (C=O) groups excluding carboxylic acids is 1. The molecule has 1 aliphatic carbocycles. The maximum Gasteiger partial charge on any atom is 0.309 e. The van der Waals surface area contributed by atoms with Gasteiger partial charge >= 0.3 is 5.97 Å². The minimum Gasteiger partial charge on any atom is -0.461 e. The predicted octanol–water partition coefficient (Wildman–Crippen LogP) is 7.87. The summed E-state index contributed by atoms with van der Waals surface area (Å²) in [7, 11) is 0. The summed E-state index contributed by atoms with van der Waals surface area (Å²) < 4.78 is 43.1. The van der Waals surface area contributed by atoms with Crippen molar-refractivity contribution in [2.45, 2.75) is 197 Å². The Morgan fingerprint density at radius 1 is 0.796 bits per heavy atom. The molecule has 1 aromatic carbocycles. The summed E-state index contributed by atoms with van der Waals surface area (Å²) in [6.45, 7) is 16.3. The second-order valence-corrected chi connectivity index (χ2v) is 17.6. The minimum atomic E-state index is -0.179. The summed E-state index contributed by atoms with van der Waals surface area (Å²) in [5.41, 5.74) is 0.712. The molecule has 5 aliphatic heterocycles. The molecular weight excluding hydrogens is 620 g/mol. The summed E-state index contributed by atoms with van der Waals surface area (Å²) in [6, 6.07) is 9.96. The number of fused-ring (bicyclic) bond motifs is 1. The Kier molecular flexibility index (Phi) is 9.84. The molecule has 49 heavy (non-hydrogen) atoms. The highest BCUT2D eigenvalue weighted by Gasteiger charge is 2.67. The highest BCUT2D eigenvalue weighted by atomic mass is 16.6. The number of carbonyl (C=O) groups is 1. The van der Waals surface area contributed by atoms with E-state index in [1.807, 2.05) is 30.3 Å². The highest BCUT2D eigenvalue weighted by Crippen LogP contribution is 2.59. The molecule has 5 saturated heterocycles. The van der Waals surface area contributed by atoms with Crippen LogP contribution in [0.25, 0.3) is 0 Å². The summed E-state index contributed by atoms with van der Waals surface area (Å²) in [5, 5.41) is 0. The van der Waals surface area contributed by atoms with Gasteiger partial charge in [0.15, 0.2) is 0 Å². The highest BCUT2D eigenvalue weighted by molar-refractivity contribution is 5.73. The molecule has 6 fully saturated rings. The van der Waals surface area contributed by atoms with E-state index < -0.39 is 0 Å². The van der Waals surface area contributed by atoms with E-state index in [4.69, 9.17) is 33.2 Å². The number of rotatable bonds is 20. The molecule has 1 saturated carbocycles. The summed E-state index contributed by atoms with van der Waals surface area (Å²) in [4.78, 5) is 13.7. The van der Waals surface area contributed by atoms with Crippen LogP contribution >= 0.6 is 0 Å². The van der Waals surface area contributed by atoms with Gasteiger partial charge in [0.1, 0.15) is 6.61 Å². The molecule has 8 heteroatoms. The molecule has 0 N–H and O–H groups in total. The van der Waals surface area contributed by atoms with Gasteiger partial charge in [0.25, 0.3) is 0 Å². The first kappa shape index (κ1) is 35.8. The predicted molar refractivity (Wildman–Crippen MR) is 186 cm³/mol. The maximum absolute atomic E-state index is 13.7. The maximum atomic E-state index is 13.7. The molecule has 11 atom stereocenters. The van der Waals surface area contributed by atoms with Crippen molar-refractivity contribution in [2.75, 3.05) is 6.61 Å². The van der Waals surface area contributed by atoms with Crippen LogP contribution in [0.5, 0.6) is 0 Å². The van der Waals surface area contributed by atoms with Gasteiger partial charge in [-0.25, -0.2) is 0 Å². The van der Waals surface area contributed by atoms with Crippen LogP contribution in [0.1, 0.15) is 131 Å². The first-order valence-corrected chi connectivity index (χ1v) is 19.5. The number of epoxide rings is 5. The number of hydrogen-bond donors (Lipinski definition) is 0. The van der Waals surface area contributed by atoms with E-state index >= 15 is 0 Å². The first-order valence-electron chi connectivity index (χ1n) is 19.5. The fourth-order valence-electron chi connectivity index (χ4n) is 9.19. The van der Waals surface area contributed by atoms with E-state index in [1.54, 1.807) is 0 Å². The van der Waals surface area contributed by atoms with Crippen molar-refractivity contribution in [3.8, 4) is 0 Å². The normalized spacial score (nSPS) is 41.0. The lowest BCUT2D eigenvalue weighted by molar-refractivity contribution is -0.153. The molecule has 0 aromatic heterocycles. The van der Waals surface area contributed by atoms with Gasteiger partial charge in [-0.1, -0.05) is 30.3 Å². The number of benzene rings is 1. The Labute approximate surface area is 294 Å². The van der Waals surface area contributed by atoms with Crippen molar-refractivity contribution < 1.29 is 38.0 Å². The fourth-order valence-corrected chi connectivity index (χ4v) is 9.19. The molecule has 7 rings (SSSR count). The van der Waals surface area contributed by atoms with Crippen LogP contribution in [0.3, 0.4) is 0 Å². The van der Waals surface area contributed by atoms with Gasteiger partial charge in [-0.05, 0) is 131 Å². The lowest BCUT2D eigenvalue weighted by Gasteiger charge is -2.31. The van der Waals surface area contributed by atoms with E-state index in [0.717, 1.165) is 89.2 Å². The number of hydrogen-bond acceptors (Lipinski definition) is 8. The van der Waals surface area contributed by atoms with Gasteiger partial charge in [-0.15, -0.1) is 0 Å². The van der Waals surface area contributed by atoms with E-state index in [9.17, 15) is 4.79 Å². The van der Waals surface area contributed by atoms with Crippen LogP contribution in [-0.2, 0) is 44.6 Å². The Bertz CT molecular complexity index is 1320. The van der Waals surface area contributed by atoms with Crippen molar-refractivity contribution in [3.63, 3.8) is 0 Å². The fraction of sp³-hybridized carbons (Fsp3) is 0.829. The molecule has 274 valence electrons. The molecule has 5 heterocycles. The standard InChI is InChI=1S/C41H62O8/c1-8-43-28(15-12-16-31-37(2,3)45-31)17-23-41-24-18-29(36(42)44-26-27-13-10-9-11-14-27)30(35(41)49-41)25-34-40(7,48-34)22-20-33-39(6,47-33)21-19-32-38(4,5)46-32/h9-11,13-14,28-35H,8,12,15-26H2,1-7H3. The summed E-state index contributed by atoms with van der Waals surface area (Å²) in [5.74, 6) is -0.179. The van der Waals surface area contributed by atoms with Gasteiger partial charge in [-0.2, -0.15) is 0 Å². The van der Waals surface area contributed by atoms with E-state index in [-0.39, 0.29) is 70.2 Å². The lowest BCUT2D eigenvalue weighted by Crippen LogP contribution is -2.39. The SMILES string of the molecule is CCOC(CCCC1OC1(C)C)CCC12CCC(C(=O)OCc3ccccc3)C(CC3OC3(C)CCC3OC3(C)CCC3OC3(C)C)C1O2. The van der Waals surface area contributed by atoms with Crippen LogP contribution in [0.4, 0.5) is 0 Å². The van der Waals surface area contributed by atoms with Gasteiger partial charge in [0.05, 0.1) is 70.5 Å². The van der Waals surface area contributed by atoms with Crippen LogP contribution in [0.15, 0.2) is 30.3 Å². The lowest BCUT2D eigenvalue weighted by atomic mass is 9.70. The second kappa shape index (κ2) is 13.5. The Morgan fingerprint density at radius 2 is 1.43 bits per heavy atom. The van der Waals surface area contributed by atoms with Crippen molar-refractivity contribution in [3.05, 3.63) is 35.9 Å². The molecule has 8 nitrogen and oxygen atoms in total. The molecule has 0 amide bonds. The third kappa shape index (κ3) is 8.25. The Balaban J connectivity index is 0.930. The topological polar surface area (TPSA) is 98.2 Å². The summed E-state index contributed by atoms with van der Waals surface area (Å²) >= 11 is 0. The Morgan fingerprint density at radius 3 is 2.10 bits per heavy atom. The molecular formula is C41H62O8. The summed E-state index contributed by atoms with van der Waals surface area (Å²) in [6.07, 6.45) is 13.2. The number of esters is 1. The Hall–Kier alpha value is -1.55. The van der Waals surface area contributed by atoms with Crippen molar-refractivity contribution in [1.82, 2.24) is 0 Å². The first-order chi connectivity index (χ1) is 23.3. The molecule has 0 radical (unpaired) electrons. The van der Waals surface area contributed by atoms with Crippen LogP contribution in [-0.4, -0.2) is 77.2 Å². The average molecular weight is 683 g/mol. The van der Waals surface area contributed by atoms with Gasteiger partial charge in [-0.3, -0.25) is 4.79 Å². The van der Waals surface area contributed by atoms with Crippen molar-refractivity contribution >= 4 is 5.97 Å². The second-order valence-electron chi connectivity index (χ2n) is 17.6. The van der Waals surface area contributed by atoms with Crippen molar-refractivity contribution in [1.29, 1.82) is 0 Å². The van der Waals surface area contributed by atoms with Gasteiger partial charge < -0.3 is 33.2 Å². The van der Waals surface area contributed by atoms with Crippen LogP contribution < -0.4 is 0 Å².